The molecule has 9 aromatic carbocycles. The van der Waals surface area contributed by atoms with Gasteiger partial charge in [-0.2, -0.15) is 0 Å². The van der Waals surface area contributed by atoms with Crippen LogP contribution in [0, 0.1) is 13.8 Å². The van der Waals surface area contributed by atoms with Gasteiger partial charge in [0, 0.05) is 45.3 Å². The van der Waals surface area contributed by atoms with Crippen molar-refractivity contribution in [1.82, 2.24) is 9.97 Å². The van der Waals surface area contributed by atoms with Gasteiger partial charge >= 0.3 is 0 Å². The minimum Gasteiger partial charge on any atom is -0.310 e. The maximum absolute atomic E-state index is 4.91. The van der Waals surface area contributed by atoms with Crippen molar-refractivity contribution >= 4 is 98.8 Å². The number of aryl methyl sites for hydroxylation is 2. The second-order valence-corrected chi connectivity index (χ2v) is 17.3. The van der Waals surface area contributed by atoms with E-state index in [2.05, 4.69) is 206 Å². The summed E-state index contributed by atoms with van der Waals surface area (Å²) in [5, 5.41) is 6.89. The molecule has 0 bridgehead atoms. The molecule has 0 atom stereocenters. The summed E-state index contributed by atoms with van der Waals surface area (Å²) in [6, 6.07) is 70.0. The smallest absolute Gasteiger partial charge is 0.124 e. The van der Waals surface area contributed by atoms with E-state index in [0.29, 0.717) is 0 Å². The van der Waals surface area contributed by atoms with Crippen LogP contribution in [0.5, 0.6) is 0 Å². The monoisotopic (exact) mass is 806 g/mol. The Hall–Kier alpha value is -7.12. The van der Waals surface area contributed by atoms with Crippen LogP contribution in [-0.4, -0.2) is 9.97 Å². The van der Waals surface area contributed by atoms with Crippen LogP contribution in [0.1, 0.15) is 11.1 Å². The number of fused-ring (bicyclic) bond motifs is 5. The molecule has 0 fully saturated rings. The van der Waals surface area contributed by atoms with Gasteiger partial charge in [-0.25, -0.2) is 9.97 Å². The lowest BCUT2D eigenvalue weighted by Crippen LogP contribution is -2.10. The number of nitrogens with zero attached hydrogens (tertiary/aromatic N) is 4. The van der Waals surface area contributed by atoms with E-state index in [1.807, 2.05) is 12.1 Å². The Kier molecular flexibility index (Phi) is 8.95. The molecule has 2 heterocycles. The maximum Gasteiger partial charge on any atom is 0.124 e. The number of aromatic nitrogens is 2. The number of hydrogen-bond acceptors (Lipinski definition) is 6. The second-order valence-electron chi connectivity index (χ2n) is 15.3. The number of para-hydroxylation sites is 2. The molecule has 0 N–H and O–H groups in total. The molecular formula is C54H38N4S2. The molecule has 60 heavy (non-hydrogen) atoms. The Labute approximate surface area is 356 Å². The zero-order valence-corrected chi connectivity index (χ0v) is 34.7. The summed E-state index contributed by atoms with van der Waals surface area (Å²) >= 11 is 3.47. The second kappa shape index (κ2) is 14.9. The highest BCUT2D eigenvalue weighted by molar-refractivity contribution is 7.22. The standard InChI is InChI=1S/C54H38N4S2/c1-35-11-21-41(22-12-35)57(43-25-17-37(18-26-43)53-55-49-7-3-5-9-51(49)59-53)45-29-31-47-39(33-45)15-16-40-34-46(30-32-48(40)47)58(42-23-13-36(2)14-24-42)44-27-19-38(20-28-44)54-56-50-8-4-6-10-52(50)60-54/h3-34H,1-2H3. The number of benzene rings is 9. The van der Waals surface area contributed by atoms with Crippen molar-refractivity contribution in [2.45, 2.75) is 13.8 Å². The molecule has 0 aliphatic rings. The van der Waals surface area contributed by atoms with E-state index >= 15 is 0 Å². The first-order valence-corrected chi connectivity index (χ1v) is 21.8. The highest BCUT2D eigenvalue weighted by Gasteiger charge is 2.18. The van der Waals surface area contributed by atoms with E-state index in [4.69, 9.17) is 9.97 Å². The highest BCUT2D eigenvalue weighted by Crippen LogP contribution is 2.42. The van der Waals surface area contributed by atoms with E-state index < -0.39 is 0 Å². The maximum atomic E-state index is 4.91. The van der Waals surface area contributed by atoms with E-state index in [0.717, 1.165) is 66.3 Å². The fourth-order valence-corrected chi connectivity index (χ4v) is 10.0. The highest BCUT2D eigenvalue weighted by atomic mass is 32.1. The van der Waals surface area contributed by atoms with Crippen molar-refractivity contribution in [2.24, 2.45) is 0 Å². The van der Waals surface area contributed by atoms with Crippen molar-refractivity contribution in [1.29, 1.82) is 0 Å². The van der Waals surface area contributed by atoms with Gasteiger partial charge in [-0.3, -0.25) is 0 Å². The van der Waals surface area contributed by atoms with Gasteiger partial charge in [0.05, 0.1) is 20.4 Å². The summed E-state index contributed by atoms with van der Waals surface area (Å²) in [7, 11) is 0. The summed E-state index contributed by atoms with van der Waals surface area (Å²) in [4.78, 5) is 14.5. The Morgan fingerprint density at radius 2 is 0.700 bits per heavy atom. The molecule has 0 saturated heterocycles. The van der Waals surface area contributed by atoms with Crippen LogP contribution in [0.15, 0.2) is 194 Å². The molecule has 0 radical (unpaired) electrons. The molecular weight excluding hydrogens is 769 g/mol. The van der Waals surface area contributed by atoms with Crippen molar-refractivity contribution in [2.75, 3.05) is 9.80 Å². The van der Waals surface area contributed by atoms with E-state index in [9.17, 15) is 0 Å². The summed E-state index contributed by atoms with van der Waals surface area (Å²) in [6.07, 6.45) is 0. The number of anilines is 6. The lowest BCUT2D eigenvalue weighted by atomic mass is 10.00. The van der Waals surface area contributed by atoms with Gasteiger partial charge in [-0.05, 0) is 157 Å². The average Bonchev–Trinajstić information content (AvgIpc) is 3.94. The molecule has 11 rings (SSSR count). The lowest BCUT2D eigenvalue weighted by Gasteiger charge is -2.27. The molecule has 0 spiro atoms. The first kappa shape index (κ1) is 36.0. The Bertz CT molecular complexity index is 3040. The molecule has 2 aromatic heterocycles. The van der Waals surface area contributed by atoms with Crippen molar-refractivity contribution in [3.63, 3.8) is 0 Å². The minimum absolute atomic E-state index is 1.03. The first-order valence-electron chi connectivity index (χ1n) is 20.1. The first-order chi connectivity index (χ1) is 29.5. The van der Waals surface area contributed by atoms with E-state index in [-0.39, 0.29) is 0 Å². The minimum atomic E-state index is 1.03. The predicted octanol–water partition coefficient (Wildman–Crippen LogP) is 16.1. The SMILES string of the molecule is Cc1ccc(N(c2ccc(-c3nc4ccccc4s3)cc2)c2ccc3c(ccc4cc(N(c5ccc(C)cc5)c5ccc(-c6nc7ccccc7s6)cc5)ccc43)c2)cc1. The molecule has 11 aromatic rings. The number of hydrogen-bond donors (Lipinski definition) is 0. The van der Waals surface area contributed by atoms with Gasteiger partial charge in [0.15, 0.2) is 0 Å². The van der Waals surface area contributed by atoms with Crippen LogP contribution in [0.4, 0.5) is 34.1 Å². The van der Waals surface area contributed by atoms with Crippen molar-refractivity contribution in [3.8, 4) is 21.1 Å². The third-order valence-corrected chi connectivity index (χ3v) is 13.4. The fraction of sp³-hybridized carbons (Fsp3) is 0.0370. The molecule has 286 valence electrons. The number of rotatable bonds is 8. The third kappa shape index (κ3) is 6.66. The van der Waals surface area contributed by atoms with Crippen LogP contribution in [-0.2, 0) is 0 Å². The van der Waals surface area contributed by atoms with Gasteiger partial charge in [0.1, 0.15) is 10.0 Å². The predicted molar refractivity (Wildman–Crippen MR) is 258 cm³/mol. The summed E-state index contributed by atoms with van der Waals surface area (Å²) in [5.74, 6) is 0. The molecule has 0 unspecified atom stereocenters. The van der Waals surface area contributed by atoms with Gasteiger partial charge < -0.3 is 9.80 Å². The molecule has 0 aliphatic heterocycles. The zero-order chi connectivity index (χ0) is 40.2. The largest absolute Gasteiger partial charge is 0.310 e. The number of thiazole rings is 2. The Morgan fingerprint density at radius 1 is 0.350 bits per heavy atom. The quantitative estimate of drug-likeness (QED) is 0.143. The molecule has 0 saturated carbocycles. The van der Waals surface area contributed by atoms with Crippen molar-refractivity contribution < 1.29 is 0 Å². The zero-order valence-electron chi connectivity index (χ0n) is 33.1. The van der Waals surface area contributed by atoms with Crippen LogP contribution in [0.25, 0.3) is 63.1 Å². The third-order valence-electron chi connectivity index (χ3n) is 11.2. The van der Waals surface area contributed by atoms with Crippen LogP contribution in [0.2, 0.25) is 0 Å². The lowest BCUT2D eigenvalue weighted by molar-refractivity contribution is 1.28. The van der Waals surface area contributed by atoms with Crippen LogP contribution < -0.4 is 9.80 Å². The van der Waals surface area contributed by atoms with Gasteiger partial charge in [0.2, 0.25) is 0 Å². The molecule has 4 nitrogen and oxygen atoms in total. The molecule has 6 heteroatoms. The Morgan fingerprint density at radius 3 is 1.08 bits per heavy atom. The molecule has 0 aliphatic carbocycles. The van der Waals surface area contributed by atoms with E-state index in [1.54, 1.807) is 22.7 Å². The summed E-state index contributed by atoms with van der Waals surface area (Å²) in [6.45, 7) is 4.27. The summed E-state index contributed by atoms with van der Waals surface area (Å²) < 4.78 is 2.40. The van der Waals surface area contributed by atoms with Gasteiger partial charge in [0.25, 0.3) is 0 Å². The van der Waals surface area contributed by atoms with Crippen LogP contribution in [0.3, 0.4) is 0 Å². The van der Waals surface area contributed by atoms with Gasteiger partial charge in [-0.15, -0.1) is 22.7 Å². The molecule has 0 amide bonds. The summed E-state index contributed by atoms with van der Waals surface area (Å²) in [5.41, 5.74) is 13.4. The average molecular weight is 807 g/mol. The topological polar surface area (TPSA) is 32.3 Å². The normalized spacial score (nSPS) is 11.5. The van der Waals surface area contributed by atoms with Gasteiger partial charge in [-0.1, -0.05) is 83.9 Å². The Balaban J connectivity index is 0.950. The van der Waals surface area contributed by atoms with Crippen molar-refractivity contribution in [3.05, 3.63) is 205 Å². The van der Waals surface area contributed by atoms with Crippen LogP contribution >= 0.6 is 22.7 Å². The fourth-order valence-electron chi connectivity index (χ4n) is 8.10. The van der Waals surface area contributed by atoms with E-state index in [1.165, 1.54) is 42.1 Å².